The van der Waals surface area contributed by atoms with Crippen molar-refractivity contribution in [2.24, 2.45) is 5.73 Å². The van der Waals surface area contributed by atoms with Crippen molar-refractivity contribution >= 4 is 11.6 Å². The summed E-state index contributed by atoms with van der Waals surface area (Å²) in [6, 6.07) is 6.58. The van der Waals surface area contributed by atoms with E-state index >= 15 is 0 Å². The lowest BCUT2D eigenvalue weighted by molar-refractivity contribution is 0.0692. The van der Waals surface area contributed by atoms with Gasteiger partial charge in [0.2, 0.25) is 0 Å². The third-order valence-corrected chi connectivity index (χ3v) is 3.30. The summed E-state index contributed by atoms with van der Waals surface area (Å²) in [6.07, 6.45) is 3.30. The van der Waals surface area contributed by atoms with Crippen LogP contribution in [-0.2, 0) is 0 Å². The second-order valence-corrected chi connectivity index (χ2v) is 4.52. The van der Waals surface area contributed by atoms with Crippen LogP contribution >= 0.6 is 0 Å². The van der Waals surface area contributed by atoms with E-state index in [0.717, 1.165) is 0 Å². The number of rotatable bonds is 0. The van der Waals surface area contributed by atoms with Gasteiger partial charge in [0, 0.05) is 23.1 Å². The Morgan fingerprint density at radius 2 is 1.72 bits per heavy atom. The number of hydrogen-bond donors (Lipinski definition) is 2. The molecule has 0 aromatic heterocycles. The number of benzene rings is 1. The first kappa shape index (κ1) is 11.1. The fraction of sp³-hybridized carbons (Fsp3) is 0.143. The lowest BCUT2D eigenvalue weighted by Gasteiger charge is -2.31. The van der Waals surface area contributed by atoms with Gasteiger partial charge in [-0.05, 0) is 0 Å². The highest BCUT2D eigenvalue weighted by atomic mass is 16.3. The molecule has 3 N–H and O–H groups in total. The van der Waals surface area contributed by atoms with Crippen molar-refractivity contribution in [1.29, 1.82) is 0 Å². The van der Waals surface area contributed by atoms with Crippen LogP contribution in [0.3, 0.4) is 0 Å². The molecule has 0 heterocycles. The molecule has 0 fully saturated rings. The smallest absolute Gasteiger partial charge is 0.194 e. The molecule has 2 aliphatic carbocycles. The van der Waals surface area contributed by atoms with Crippen molar-refractivity contribution in [2.45, 2.75) is 12.1 Å². The molecule has 0 saturated carbocycles. The van der Waals surface area contributed by atoms with Gasteiger partial charge < -0.3 is 5.11 Å². The van der Waals surface area contributed by atoms with Crippen molar-refractivity contribution < 1.29 is 14.7 Å². The summed E-state index contributed by atoms with van der Waals surface area (Å²) in [4.78, 5) is 24.6. The van der Waals surface area contributed by atoms with E-state index in [9.17, 15) is 14.7 Å². The Labute approximate surface area is 103 Å². The molecule has 4 heteroatoms. The van der Waals surface area contributed by atoms with E-state index in [2.05, 4.69) is 0 Å². The Morgan fingerprint density at radius 1 is 1.11 bits per heavy atom. The lowest BCUT2D eigenvalue weighted by atomic mass is 9.76. The fourth-order valence-corrected chi connectivity index (χ4v) is 2.44. The summed E-state index contributed by atoms with van der Waals surface area (Å²) in [6.45, 7) is 0. The van der Waals surface area contributed by atoms with Crippen LogP contribution in [0.15, 0.2) is 47.6 Å². The van der Waals surface area contributed by atoms with Crippen molar-refractivity contribution in [3.63, 3.8) is 0 Å². The van der Waals surface area contributed by atoms with Gasteiger partial charge >= 0.3 is 0 Å². The molecule has 90 valence electrons. The summed E-state index contributed by atoms with van der Waals surface area (Å²) >= 11 is 0. The highest BCUT2D eigenvalue weighted by Gasteiger charge is 2.41. The van der Waals surface area contributed by atoms with E-state index < -0.39 is 5.72 Å². The standard InChI is InChI=1S/C14H11NO3/c15-14(18)7-3-6-10-11(14)13(17)9-5-2-1-4-8(9)12(10)16/h1-6,18H,7,15H2. The molecule has 0 saturated heterocycles. The topological polar surface area (TPSA) is 80.4 Å². The van der Waals surface area contributed by atoms with E-state index in [4.69, 9.17) is 5.73 Å². The zero-order valence-corrected chi connectivity index (χ0v) is 9.51. The number of ketones is 2. The maximum Gasteiger partial charge on any atom is 0.194 e. The van der Waals surface area contributed by atoms with Gasteiger partial charge in [0.1, 0.15) is 5.72 Å². The normalized spacial score (nSPS) is 26.1. The van der Waals surface area contributed by atoms with Crippen molar-refractivity contribution in [2.75, 3.05) is 0 Å². The summed E-state index contributed by atoms with van der Waals surface area (Å²) < 4.78 is 0. The van der Waals surface area contributed by atoms with Gasteiger partial charge in [-0.3, -0.25) is 15.3 Å². The molecule has 0 aliphatic heterocycles. The predicted molar refractivity (Wildman–Crippen MR) is 65.0 cm³/mol. The molecule has 3 rings (SSSR count). The van der Waals surface area contributed by atoms with E-state index in [1.54, 1.807) is 36.4 Å². The Kier molecular flexibility index (Phi) is 2.14. The van der Waals surface area contributed by atoms with Gasteiger partial charge in [-0.2, -0.15) is 0 Å². The first-order chi connectivity index (χ1) is 8.52. The van der Waals surface area contributed by atoms with Gasteiger partial charge in [0.15, 0.2) is 11.6 Å². The maximum atomic E-state index is 12.3. The van der Waals surface area contributed by atoms with Crippen LogP contribution < -0.4 is 5.73 Å². The molecular formula is C14H11NO3. The second kappa shape index (κ2) is 3.48. The summed E-state index contributed by atoms with van der Waals surface area (Å²) in [7, 11) is 0. The van der Waals surface area contributed by atoms with Crippen molar-refractivity contribution in [3.8, 4) is 0 Å². The highest BCUT2D eigenvalue weighted by Crippen LogP contribution is 2.35. The molecule has 2 aliphatic rings. The zero-order chi connectivity index (χ0) is 12.9. The van der Waals surface area contributed by atoms with E-state index in [1.165, 1.54) is 0 Å². The Bertz CT molecular complexity index is 638. The van der Waals surface area contributed by atoms with Gasteiger partial charge in [0.05, 0.1) is 5.57 Å². The number of carbonyl (C=O) groups excluding carboxylic acids is 2. The van der Waals surface area contributed by atoms with Gasteiger partial charge in [-0.1, -0.05) is 36.4 Å². The van der Waals surface area contributed by atoms with Gasteiger partial charge in [-0.25, -0.2) is 0 Å². The Balaban J connectivity index is 2.30. The summed E-state index contributed by atoms with van der Waals surface area (Å²) in [5, 5.41) is 10.1. The van der Waals surface area contributed by atoms with Crippen LogP contribution in [0.25, 0.3) is 0 Å². The second-order valence-electron chi connectivity index (χ2n) is 4.52. The monoisotopic (exact) mass is 241 g/mol. The van der Waals surface area contributed by atoms with Gasteiger partial charge in [-0.15, -0.1) is 0 Å². The molecule has 0 radical (unpaired) electrons. The van der Waals surface area contributed by atoms with E-state index in [0.29, 0.717) is 11.1 Å². The van der Waals surface area contributed by atoms with Crippen molar-refractivity contribution in [1.82, 2.24) is 0 Å². The van der Waals surface area contributed by atoms with Crippen LogP contribution in [0.1, 0.15) is 27.1 Å². The number of allylic oxidation sites excluding steroid dienone is 2. The van der Waals surface area contributed by atoms with Crippen LogP contribution in [-0.4, -0.2) is 22.4 Å². The molecule has 0 amide bonds. The molecule has 1 aromatic rings. The molecule has 1 atom stereocenters. The summed E-state index contributed by atoms with van der Waals surface area (Å²) in [5.74, 6) is -0.630. The van der Waals surface area contributed by atoms with Crippen LogP contribution in [0.4, 0.5) is 0 Å². The zero-order valence-electron chi connectivity index (χ0n) is 9.51. The highest BCUT2D eigenvalue weighted by molar-refractivity contribution is 6.28. The molecule has 4 nitrogen and oxygen atoms in total. The average Bonchev–Trinajstić information content (AvgIpc) is 2.35. The Hall–Kier alpha value is -2.04. The number of fused-ring (bicyclic) bond motifs is 1. The lowest BCUT2D eigenvalue weighted by Crippen LogP contribution is -2.47. The minimum atomic E-state index is -1.76. The SMILES string of the molecule is NC1(O)CC=CC2=C1C(=O)c1ccccc1C2=O. The van der Waals surface area contributed by atoms with Crippen molar-refractivity contribution in [3.05, 3.63) is 58.7 Å². The van der Waals surface area contributed by atoms with Crippen LogP contribution in [0, 0.1) is 0 Å². The number of nitrogens with two attached hydrogens (primary N) is 1. The third-order valence-electron chi connectivity index (χ3n) is 3.30. The molecule has 1 aromatic carbocycles. The molecule has 0 spiro atoms. The number of aliphatic hydroxyl groups is 1. The Morgan fingerprint density at radius 3 is 2.39 bits per heavy atom. The molecular weight excluding hydrogens is 230 g/mol. The minimum Gasteiger partial charge on any atom is -0.371 e. The van der Waals surface area contributed by atoms with Crippen LogP contribution in [0.2, 0.25) is 0 Å². The average molecular weight is 241 g/mol. The molecule has 18 heavy (non-hydrogen) atoms. The van der Waals surface area contributed by atoms with E-state index in [-0.39, 0.29) is 29.1 Å². The first-order valence-corrected chi connectivity index (χ1v) is 5.63. The molecule has 0 bridgehead atoms. The quantitative estimate of drug-likeness (QED) is 0.663. The molecule has 1 unspecified atom stereocenters. The number of Topliss-reactive ketones (excluding diaryl/α,β-unsaturated/α-hetero) is 2. The summed E-state index contributed by atoms with van der Waals surface area (Å²) in [5.41, 5.74) is 4.84. The minimum absolute atomic E-state index is 0.00806. The number of hydrogen-bond acceptors (Lipinski definition) is 4. The fourth-order valence-electron chi connectivity index (χ4n) is 2.44. The predicted octanol–water partition coefficient (Wildman–Crippen LogP) is 0.969. The number of carbonyl (C=O) groups is 2. The third kappa shape index (κ3) is 1.33. The van der Waals surface area contributed by atoms with E-state index in [1.807, 2.05) is 0 Å². The van der Waals surface area contributed by atoms with Crippen LogP contribution in [0.5, 0.6) is 0 Å². The largest absolute Gasteiger partial charge is 0.371 e. The first-order valence-electron chi connectivity index (χ1n) is 5.63. The maximum absolute atomic E-state index is 12.3. The van der Waals surface area contributed by atoms with Gasteiger partial charge in [0.25, 0.3) is 0 Å².